The van der Waals surface area contributed by atoms with E-state index in [0.717, 1.165) is 0 Å². The Labute approximate surface area is 187 Å². The number of ether oxygens (including phenoxy) is 2. The first-order chi connectivity index (χ1) is 14.9. The van der Waals surface area contributed by atoms with Crippen molar-refractivity contribution in [2.24, 2.45) is 5.73 Å². The van der Waals surface area contributed by atoms with Crippen LogP contribution >= 0.6 is 12.4 Å². The van der Waals surface area contributed by atoms with Gasteiger partial charge >= 0.3 is 12.1 Å². The summed E-state index contributed by atoms with van der Waals surface area (Å²) in [5, 5.41) is 7.65. The van der Waals surface area contributed by atoms with Crippen molar-refractivity contribution < 1.29 is 27.9 Å². The molecule has 0 radical (unpaired) electrons. The molecule has 12 heteroatoms. The number of nitrogens with two attached hydrogens (primary N) is 1. The first-order valence-electron chi connectivity index (χ1n) is 9.35. The monoisotopic (exact) mass is 463 g/mol. The minimum atomic E-state index is -0.657. The zero-order valence-corrected chi connectivity index (χ0v) is 17.7. The number of benzene rings is 1. The third kappa shape index (κ3) is 4.84. The van der Waals surface area contributed by atoms with Gasteiger partial charge in [0.1, 0.15) is 18.1 Å². The van der Waals surface area contributed by atoms with Gasteiger partial charge < -0.3 is 19.6 Å². The van der Waals surface area contributed by atoms with Crippen molar-refractivity contribution in [3.63, 3.8) is 0 Å². The first-order valence-corrected chi connectivity index (χ1v) is 9.35. The number of aryl methyl sites for hydroxylation is 1. The zero-order chi connectivity index (χ0) is 22.0. The quantitative estimate of drug-likeness (QED) is 0.547. The number of carbonyl (C=O) groups excluding carboxylic acids is 2. The van der Waals surface area contributed by atoms with E-state index in [1.54, 1.807) is 31.2 Å². The Bertz CT molecular complexity index is 1120. The predicted octanol–water partition coefficient (Wildman–Crippen LogP) is 2.50. The molecule has 1 saturated heterocycles. The van der Waals surface area contributed by atoms with Gasteiger partial charge in [-0.1, -0.05) is 6.07 Å². The molecule has 0 unspecified atom stereocenters. The molecule has 1 aliphatic rings. The summed E-state index contributed by atoms with van der Waals surface area (Å²) in [7, 11) is 0. The van der Waals surface area contributed by atoms with E-state index in [0.29, 0.717) is 28.4 Å². The fraction of sp³-hybridized carbons (Fsp3) is 0.250. The van der Waals surface area contributed by atoms with Gasteiger partial charge in [-0.25, -0.2) is 9.18 Å². The normalized spacial score (nSPS) is 15.3. The lowest BCUT2D eigenvalue weighted by Gasteiger charge is -2.14. The Hall–Kier alpha value is -3.57. The smallest absolute Gasteiger partial charge is 0.414 e. The maximum atomic E-state index is 14.8. The summed E-state index contributed by atoms with van der Waals surface area (Å²) < 4.78 is 30.2. The molecule has 1 aromatic carbocycles. The number of pyridine rings is 1. The van der Waals surface area contributed by atoms with Crippen molar-refractivity contribution in [1.82, 2.24) is 15.2 Å². The molecule has 1 amide bonds. The van der Waals surface area contributed by atoms with Crippen LogP contribution in [-0.2, 0) is 14.3 Å². The highest BCUT2D eigenvalue weighted by Crippen LogP contribution is 2.29. The molecule has 0 bridgehead atoms. The highest BCUT2D eigenvalue weighted by atomic mass is 35.5. The summed E-state index contributed by atoms with van der Waals surface area (Å²) in [5.74, 6) is -0.438. The van der Waals surface area contributed by atoms with Crippen LogP contribution in [0.1, 0.15) is 5.89 Å². The molecule has 4 rings (SSSR count). The summed E-state index contributed by atoms with van der Waals surface area (Å²) in [6, 6.07) is 7.73. The topological polar surface area (TPSA) is 134 Å². The van der Waals surface area contributed by atoms with Crippen LogP contribution in [0.25, 0.3) is 22.7 Å². The van der Waals surface area contributed by atoms with Gasteiger partial charge in [0, 0.05) is 24.2 Å². The van der Waals surface area contributed by atoms with E-state index in [1.165, 1.54) is 17.2 Å². The maximum Gasteiger partial charge on any atom is 0.414 e. The second-order valence-electron chi connectivity index (χ2n) is 6.73. The third-order valence-electron chi connectivity index (χ3n) is 4.55. The zero-order valence-electron chi connectivity index (χ0n) is 16.9. The summed E-state index contributed by atoms with van der Waals surface area (Å²) in [6.45, 7) is 1.42. The van der Waals surface area contributed by atoms with Crippen molar-refractivity contribution in [2.45, 2.75) is 13.0 Å². The molecule has 10 nitrogen and oxygen atoms in total. The molecule has 0 spiro atoms. The molecule has 0 saturated carbocycles. The number of amides is 1. The van der Waals surface area contributed by atoms with Gasteiger partial charge in [0.05, 0.1) is 18.8 Å². The number of rotatable bonds is 6. The standard InChI is InChI=1S/C20H18FN5O5.ClH/c1-11-24-25-19(30-11)17-5-2-12(8-23-17)15-4-3-13(6-16(15)21)26-9-14(31-20(26)28)10-29-18(27)7-22;/h2-6,8,14H,7,9-10,22H2,1H3;1H/t14-;/m1./s1. The average Bonchev–Trinajstić information content (AvgIpc) is 3.37. The van der Waals surface area contributed by atoms with Crippen molar-refractivity contribution in [2.75, 3.05) is 24.6 Å². The van der Waals surface area contributed by atoms with Crippen LogP contribution in [0.2, 0.25) is 0 Å². The minimum absolute atomic E-state index is 0. The first kappa shape index (κ1) is 23.1. The minimum Gasteiger partial charge on any atom is -0.461 e. The molecule has 2 aromatic heterocycles. The Morgan fingerprint density at radius 3 is 2.75 bits per heavy atom. The third-order valence-corrected chi connectivity index (χ3v) is 4.55. The van der Waals surface area contributed by atoms with Crippen LogP contribution in [-0.4, -0.2) is 53.0 Å². The number of anilines is 1. The summed E-state index contributed by atoms with van der Waals surface area (Å²) in [6.07, 6.45) is 0.191. The highest BCUT2D eigenvalue weighted by Gasteiger charge is 2.33. The lowest BCUT2D eigenvalue weighted by atomic mass is 10.1. The van der Waals surface area contributed by atoms with E-state index < -0.39 is 24.0 Å². The molecule has 3 aromatic rings. The lowest BCUT2D eigenvalue weighted by Crippen LogP contribution is -2.28. The van der Waals surface area contributed by atoms with E-state index in [-0.39, 0.29) is 38.0 Å². The Morgan fingerprint density at radius 2 is 2.12 bits per heavy atom. The van der Waals surface area contributed by atoms with E-state index in [9.17, 15) is 14.0 Å². The number of hydrogen-bond donors (Lipinski definition) is 1. The summed E-state index contributed by atoms with van der Waals surface area (Å²) in [5.41, 5.74) is 6.82. The number of carbonyl (C=O) groups is 2. The van der Waals surface area contributed by atoms with E-state index in [2.05, 4.69) is 15.2 Å². The van der Waals surface area contributed by atoms with Crippen molar-refractivity contribution in [1.29, 1.82) is 0 Å². The number of halogens is 2. The highest BCUT2D eigenvalue weighted by molar-refractivity contribution is 5.90. The molecule has 32 heavy (non-hydrogen) atoms. The Kier molecular flexibility index (Phi) is 7.01. The molecular formula is C20H19ClFN5O5. The van der Waals surface area contributed by atoms with E-state index >= 15 is 0 Å². The van der Waals surface area contributed by atoms with E-state index in [4.69, 9.17) is 19.6 Å². The van der Waals surface area contributed by atoms with Crippen molar-refractivity contribution >= 4 is 30.2 Å². The van der Waals surface area contributed by atoms with Crippen LogP contribution in [0.5, 0.6) is 0 Å². The van der Waals surface area contributed by atoms with Crippen molar-refractivity contribution in [3.8, 4) is 22.7 Å². The van der Waals surface area contributed by atoms with Crippen LogP contribution in [0.3, 0.4) is 0 Å². The summed E-state index contributed by atoms with van der Waals surface area (Å²) in [4.78, 5) is 28.8. The number of esters is 1. The molecule has 2 N–H and O–H groups in total. The molecule has 1 aliphatic heterocycles. The SMILES string of the molecule is Cc1nnc(-c2ccc(-c3ccc(N4C[C@H](COC(=O)CN)OC4=O)cc3F)cn2)o1.Cl. The van der Waals surface area contributed by atoms with Crippen LogP contribution < -0.4 is 10.6 Å². The Balaban J connectivity index is 0.00000289. The van der Waals surface area contributed by atoms with Crippen LogP contribution in [0.15, 0.2) is 40.9 Å². The molecular weight excluding hydrogens is 445 g/mol. The molecule has 168 valence electrons. The Morgan fingerprint density at radius 1 is 1.31 bits per heavy atom. The van der Waals surface area contributed by atoms with Gasteiger partial charge in [-0.3, -0.25) is 14.7 Å². The number of cyclic esters (lactones) is 1. The molecule has 3 heterocycles. The van der Waals surface area contributed by atoms with Gasteiger partial charge in [-0.05, 0) is 24.3 Å². The van der Waals surface area contributed by atoms with E-state index in [1.807, 2.05) is 0 Å². The van der Waals surface area contributed by atoms with Gasteiger partial charge in [-0.2, -0.15) is 0 Å². The van der Waals surface area contributed by atoms with Gasteiger partial charge in [-0.15, -0.1) is 22.6 Å². The second kappa shape index (κ2) is 9.71. The van der Waals surface area contributed by atoms with Crippen molar-refractivity contribution in [3.05, 3.63) is 48.2 Å². The number of nitrogens with zero attached hydrogens (tertiary/aromatic N) is 4. The van der Waals surface area contributed by atoms with Gasteiger partial charge in [0.15, 0.2) is 6.10 Å². The number of hydrogen-bond acceptors (Lipinski definition) is 9. The average molecular weight is 464 g/mol. The maximum absolute atomic E-state index is 14.8. The predicted molar refractivity (Wildman–Crippen MR) is 113 cm³/mol. The van der Waals surface area contributed by atoms with Crippen LogP contribution in [0.4, 0.5) is 14.9 Å². The number of aromatic nitrogens is 3. The fourth-order valence-corrected chi connectivity index (χ4v) is 3.05. The lowest BCUT2D eigenvalue weighted by molar-refractivity contribution is -0.144. The molecule has 1 atom stereocenters. The second-order valence-corrected chi connectivity index (χ2v) is 6.73. The van der Waals surface area contributed by atoms with Gasteiger partial charge in [0.2, 0.25) is 5.89 Å². The largest absolute Gasteiger partial charge is 0.461 e. The van der Waals surface area contributed by atoms with Gasteiger partial charge in [0.25, 0.3) is 5.89 Å². The molecule has 0 aliphatic carbocycles. The van der Waals surface area contributed by atoms with Crippen LogP contribution in [0, 0.1) is 12.7 Å². The molecule has 1 fully saturated rings. The fourth-order valence-electron chi connectivity index (χ4n) is 3.05. The summed E-state index contributed by atoms with van der Waals surface area (Å²) >= 11 is 0.